The second-order valence-corrected chi connectivity index (χ2v) is 8.87. The lowest BCUT2D eigenvalue weighted by Crippen LogP contribution is -2.49. The first kappa shape index (κ1) is 23.3. The number of hydrogen-bond acceptors (Lipinski definition) is 8. The van der Waals surface area contributed by atoms with E-state index in [0.29, 0.717) is 60.5 Å². The van der Waals surface area contributed by atoms with E-state index < -0.39 is 4.92 Å². The lowest BCUT2D eigenvalue weighted by Gasteiger charge is -2.35. The van der Waals surface area contributed by atoms with Crippen molar-refractivity contribution in [3.8, 4) is 17.1 Å². The number of rotatable bonds is 5. The average molecular weight is 510 g/mol. The van der Waals surface area contributed by atoms with Gasteiger partial charge in [-0.1, -0.05) is 36.4 Å². The number of nitrogens with zero attached hydrogens (tertiary/aromatic N) is 7. The maximum atomic E-state index is 13.2. The Morgan fingerprint density at radius 3 is 2.42 bits per heavy atom. The first-order valence-corrected chi connectivity index (χ1v) is 12.1. The third-order valence-corrected chi connectivity index (χ3v) is 6.76. The van der Waals surface area contributed by atoms with Crippen LogP contribution in [-0.2, 0) is 0 Å². The van der Waals surface area contributed by atoms with Crippen molar-refractivity contribution in [1.29, 1.82) is 0 Å². The average Bonchev–Trinajstić information content (AvgIpc) is 3.42. The number of para-hydroxylation sites is 3. The van der Waals surface area contributed by atoms with Crippen LogP contribution in [0.25, 0.3) is 27.9 Å². The Bertz CT molecular complexity index is 1690. The van der Waals surface area contributed by atoms with Crippen LogP contribution in [0.3, 0.4) is 0 Å². The van der Waals surface area contributed by atoms with Crippen LogP contribution in [0.2, 0.25) is 0 Å². The number of carbonyl (C=O) groups excluding carboxylic acids is 1. The predicted molar refractivity (Wildman–Crippen MR) is 141 cm³/mol. The first-order chi connectivity index (χ1) is 18.6. The second kappa shape index (κ2) is 9.43. The number of piperazine rings is 1. The third-order valence-electron chi connectivity index (χ3n) is 6.76. The summed E-state index contributed by atoms with van der Waals surface area (Å²) in [6.07, 6.45) is 0. The Balaban J connectivity index is 1.41. The van der Waals surface area contributed by atoms with Gasteiger partial charge >= 0.3 is 0 Å². The number of nitro groups is 1. The van der Waals surface area contributed by atoms with E-state index in [1.807, 2.05) is 36.4 Å². The molecule has 38 heavy (non-hydrogen) atoms. The molecule has 2 aromatic heterocycles. The summed E-state index contributed by atoms with van der Waals surface area (Å²) < 4.78 is 7.16. The number of carbonyl (C=O) groups is 1. The van der Waals surface area contributed by atoms with Crippen LogP contribution in [0, 0.1) is 10.1 Å². The van der Waals surface area contributed by atoms with Crippen molar-refractivity contribution >= 4 is 34.1 Å². The highest BCUT2D eigenvalue weighted by Gasteiger charge is 2.29. The molecule has 0 bridgehead atoms. The summed E-state index contributed by atoms with van der Waals surface area (Å²) in [5, 5.41) is 21.4. The summed E-state index contributed by atoms with van der Waals surface area (Å²) in [7, 11) is 1.55. The maximum Gasteiger partial charge on any atom is 0.280 e. The van der Waals surface area contributed by atoms with Crippen LogP contribution >= 0.6 is 0 Å². The smallest absolute Gasteiger partial charge is 0.280 e. The van der Waals surface area contributed by atoms with E-state index >= 15 is 0 Å². The van der Waals surface area contributed by atoms with E-state index in [9.17, 15) is 14.9 Å². The summed E-state index contributed by atoms with van der Waals surface area (Å²) in [6, 6.07) is 21.3. The summed E-state index contributed by atoms with van der Waals surface area (Å²) in [5.41, 5.74) is 2.11. The number of fused-ring (bicyclic) bond motifs is 3. The standard InChI is InChI=1S/C27H23N7O4/c1-38-23-13-7-4-10-20(23)26(35)31-14-16-32(17-15-31)27-28-21-11-5-2-8-18(21)24-29-30-25(33(24)27)19-9-3-6-12-22(19)34(36)37/h2-13H,14-17H2,1H3. The van der Waals surface area contributed by atoms with Crippen molar-refractivity contribution in [1.82, 2.24) is 24.5 Å². The fourth-order valence-electron chi connectivity index (χ4n) is 4.88. The highest BCUT2D eigenvalue weighted by Crippen LogP contribution is 2.33. The summed E-state index contributed by atoms with van der Waals surface area (Å²) >= 11 is 0. The molecule has 1 saturated heterocycles. The minimum Gasteiger partial charge on any atom is -0.496 e. The molecule has 3 heterocycles. The van der Waals surface area contributed by atoms with Gasteiger partial charge in [0.2, 0.25) is 5.95 Å². The zero-order valence-corrected chi connectivity index (χ0v) is 20.5. The summed E-state index contributed by atoms with van der Waals surface area (Å²) in [4.78, 5) is 33.4. The highest BCUT2D eigenvalue weighted by atomic mass is 16.6. The molecular weight excluding hydrogens is 486 g/mol. The molecule has 190 valence electrons. The second-order valence-electron chi connectivity index (χ2n) is 8.87. The quantitative estimate of drug-likeness (QED) is 0.259. The highest BCUT2D eigenvalue weighted by molar-refractivity contribution is 5.97. The van der Waals surface area contributed by atoms with Crippen LogP contribution in [0.4, 0.5) is 11.6 Å². The van der Waals surface area contributed by atoms with Gasteiger partial charge in [0.1, 0.15) is 5.75 Å². The van der Waals surface area contributed by atoms with Crippen LogP contribution in [-0.4, -0.2) is 68.6 Å². The lowest BCUT2D eigenvalue weighted by atomic mass is 10.1. The SMILES string of the molecule is COc1ccccc1C(=O)N1CCN(c2nc3ccccc3c3nnc(-c4ccccc4[N+](=O)[O-])n23)CC1. The van der Waals surface area contributed by atoms with Gasteiger partial charge in [-0.25, -0.2) is 9.38 Å². The molecule has 5 aromatic rings. The molecule has 1 aliphatic rings. The van der Waals surface area contributed by atoms with Crippen LogP contribution < -0.4 is 9.64 Å². The van der Waals surface area contributed by atoms with Crippen molar-refractivity contribution in [3.05, 3.63) is 88.5 Å². The molecule has 3 aromatic carbocycles. The zero-order chi connectivity index (χ0) is 26.2. The number of hydrogen-bond donors (Lipinski definition) is 0. The van der Waals surface area contributed by atoms with Crippen molar-refractivity contribution in [2.75, 3.05) is 38.2 Å². The van der Waals surface area contributed by atoms with E-state index in [1.165, 1.54) is 6.07 Å². The van der Waals surface area contributed by atoms with Gasteiger partial charge in [-0.2, -0.15) is 0 Å². The van der Waals surface area contributed by atoms with Crippen molar-refractivity contribution in [3.63, 3.8) is 0 Å². The van der Waals surface area contributed by atoms with Gasteiger partial charge in [0, 0.05) is 37.6 Å². The Kier molecular flexibility index (Phi) is 5.79. The molecule has 0 N–H and O–H groups in total. The molecule has 0 saturated carbocycles. The minimum atomic E-state index is -0.424. The van der Waals surface area contributed by atoms with Crippen molar-refractivity contribution < 1.29 is 14.5 Å². The predicted octanol–water partition coefficient (Wildman–Crippen LogP) is 3.82. The Morgan fingerprint density at radius 2 is 1.63 bits per heavy atom. The largest absolute Gasteiger partial charge is 0.496 e. The van der Waals surface area contributed by atoms with Gasteiger partial charge in [0.15, 0.2) is 11.5 Å². The number of methoxy groups -OCH3 is 1. The fraction of sp³-hybridized carbons (Fsp3) is 0.185. The summed E-state index contributed by atoms with van der Waals surface area (Å²) in [6.45, 7) is 1.96. The van der Waals surface area contributed by atoms with Gasteiger partial charge in [-0.15, -0.1) is 10.2 Å². The summed E-state index contributed by atoms with van der Waals surface area (Å²) in [5.74, 6) is 1.36. The fourth-order valence-corrected chi connectivity index (χ4v) is 4.88. The number of ether oxygens (including phenoxy) is 1. The molecule has 0 atom stereocenters. The molecule has 11 nitrogen and oxygen atoms in total. The Labute approximate surface area is 217 Å². The maximum absolute atomic E-state index is 13.2. The Hall–Kier alpha value is -5.06. The minimum absolute atomic E-state index is 0.0619. The molecule has 6 rings (SSSR count). The van der Waals surface area contributed by atoms with Crippen molar-refractivity contribution in [2.45, 2.75) is 0 Å². The van der Waals surface area contributed by atoms with Gasteiger partial charge in [-0.05, 0) is 30.3 Å². The van der Waals surface area contributed by atoms with Gasteiger partial charge in [0.25, 0.3) is 11.6 Å². The van der Waals surface area contributed by atoms with E-state index in [4.69, 9.17) is 9.72 Å². The van der Waals surface area contributed by atoms with Crippen LogP contribution in [0.5, 0.6) is 5.75 Å². The Morgan fingerprint density at radius 1 is 0.921 bits per heavy atom. The molecule has 1 amide bonds. The number of benzene rings is 3. The van der Waals surface area contributed by atoms with Crippen LogP contribution in [0.15, 0.2) is 72.8 Å². The molecule has 1 aliphatic heterocycles. The van der Waals surface area contributed by atoms with E-state index in [0.717, 1.165) is 10.9 Å². The molecule has 0 radical (unpaired) electrons. The number of amides is 1. The van der Waals surface area contributed by atoms with E-state index in [1.54, 1.807) is 46.7 Å². The van der Waals surface area contributed by atoms with Gasteiger partial charge < -0.3 is 14.5 Å². The number of anilines is 1. The normalized spacial score (nSPS) is 13.7. The van der Waals surface area contributed by atoms with Crippen LogP contribution in [0.1, 0.15) is 10.4 Å². The molecule has 0 unspecified atom stereocenters. The van der Waals surface area contributed by atoms with E-state index in [-0.39, 0.29) is 11.6 Å². The third kappa shape index (κ3) is 3.84. The number of aromatic nitrogens is 4. The molecule has 0 aliphatic carbocycles. The molecule has 0 spiro atoms. The van der Waals surface area contributed by atoms with Gasteiger partial charge in [0.05, 0.1) is 28.7 Å². The first-order valence-electron chi connectivity index (χ1n) is 12.1. The zero-order valence-electron chi connectivity index (χ0n) is 20.5. The molecule has 1 fully saturated rings. The molecular formula is C27H23N7O4. The number of nitro benzene ring substituents is 1. The topological polar surface area (TPSA) is 119 Å². The van der Waals surface area contributed by atoms with Crippen molar-refractivity contribution in [2.24, 2.45) is 0 Å². The van der Waals surface area contributed by atoms with Gasteiger partial charge in [-0.3, -0.25) is 14.9 Å². The van der Waals surface area contributed by atoms with E-state index in [2.05, 4.69) is 15.1 Å². The lowest BCUT2D eigenvalue weighted by molar-refractivity contribution is -0.384. The monoisotopic (exact) mass is 509 g/mol. The molecule has 11 heteroatoms.